The number of amides is 1. The maximum Gasteiger partial charge on any atom is 0.233 e. The van der Waals surface area contributed by atoms with E-state index in [4.69, 9.17) is 9.15 Å². The van der Waals surface area contributed by atoms with E-state index in [0.29, 0.717) is 11.7 Å². The van der Waals surface area contributed by atoms with Gasteiger partial charge in [-0.1, -0.05) is 32.1 Å². The Morgan fingerprint density at radius 3 is 2.80 bits per heavy atom. The van der Waals surface area contributed by atoms with Gasteiger partial charge < -0.3 is 14.5 Å². The van der Waals surface area contributed by atoms with Gasteiger partial charge in [0.25, 0.3) is 0 Å². The molecule has 0 aromatic carbocycles. The maximum atomic E-state index is 12.9. The lowest BCUT2D eigenvalue weighted by Gasteiger charge is -2.26. The summed E-state index contributed by atoms with van der Waals surface area (Å²) in [5.74, 6) is 2.07. The number of nitrogens with one attached hydrogen (secondary N) is 1. The maximum absolute atomic E-state index is 12.9. The Labute approximate surface area is 153 Å². The predicted octanol–water partition coefficient (Wildman–Crippen LogP) is 3.32. The van der Waals surface area contributed by atoms with Crippen LogP contribution in [0.3, 0.4) is 0 Å². The third-order valence-corrected chi connectivity index (χ3v) is 6.43. The highest BCUT2D eigenvalue weighted by Crippen LogP contribution is 2.32. The number of hydrogen-bond donors (Lipinski definition) is 1. The molecule has 0 bridgehead atoms. The van der Waals surface area contributed by atoms with Gasteiger partial charge in [0.1, 0.15) is 18.4 Å². The van der Waals surface area contributed by atoms with Crippen molar-refractivity contribution in [3.8, 4) is 0 Å². The standard InChI is InChI=1S/C19H27NO4S/c1-13-18(16(21)11-24-13)20-19(22)17(10-14-6-3-2-4-7-14)25-12-15-8-5-9-23-15/h5,8-9,13-14,17-18H,2-4,6-7,10-12H2,1H3,(H,20,22)/t13-,17-,18-/m0/s1. The van der Waals surface area contributed by atoms with Crippen molar-refractivity contribution in [3.63, 3.8) is 0 Å². The smallest absolute Gasteiger partial charge is 0.233 e. The molecule has 1 saturated heterocycles. The second-order valence-corrected chi connectivity index (χ2v) is 8.28. The fourth-order valence-electron chi connectivity index (χ4n) is 3.66. The van der Waals surface area contributed by atoms with Crippen molar-refractivity contribution in [1.29, 1.82) is 0 Å². The molecule has 2 aliphatic rings. The van der Waals surface area contributed by atoms with Gasteiger partial charge in [0, 0.05) is 0 Å². The molecule has 0 unspecified atom stereocenters. The van der Waals surface area contributed by atoms with Crippen LogP contribution in [0, 0.1) is 5.92 Å². The minimum Gasteiger partial charge on any atom is -0.468 e. The number of thioether (sulfide) groups is 1. The molecule has 2 fully saturated rings. The van der Waals surface area contributed by atoms with Crippen molar-refractivity contribution in [1.82, 2.24) is 5.32 Å². The van der Waals surface area contributed by atoms with Crippen molar-refractivity contribution in [3.05, 3.63) is 24.2 Å². The van der Waals surface area contributed by atoms with Gasteiger partial charge in [-0.05, 0) is 31.4 Å². The van der Waals surface area contributed by atoms with Crippen LogP contribution in [-0.2, 0) is 20.1 Å². The van der Waals surface area contributed by atoms with Crippen molar-refractivity contribution in [2.75, 3.05) is 6.61 Å². The lowest BCUT2D eigenvalue weighted by molar-refractivity contribution is -0.126. The molecule has 1 amide bonds. The molecule has 25 heavy (non-hydrogen) atoms. The van der Waals surface area contributed by atoms with Crippen LogP contribution >= 0.6 is 11.8 Å². The van der Waals surface area contributed by atoms with Crippen molar-refractivity contribution in [2.45, 2.75) is 68.6 Å². The molecular weight excluding hydrogens is 338 g/mol. The van der Waals surface area contributed by atoms with Crippen LogP contribution in [0.25, 0.3) is 0 Å². The molecule has 0 spiro atoms. The number of hydrogen-bond acceptors (Lipinski definition) is 5. The number of rotatable bonds is 7. The van der Waals surface area contributed by atoms with Crippen LogP contribution in [0.15, 0.2) is 22.8 Å². The topological polar surface area (TPSA) is 68.5 Å². The van der Waals surface area contributed by atoms with Crippen molar-refractivity contribution in [2.24, 2.45) is 5.92 Å². The molecule has 138 valence electrons. The molecule has 5 nitrogen and oxygen atoms in total. The zero-order valence-electron chi connectivity index (χ0n) is 14.7. The van der Waals surface area contributed by atoms with E-state index in [-0.39, 0.29) is 29.7 Å². The van der Waals surface area contributed by atoms with E-state index < -0.39 is 6.04 Å². The molecule has 1 aliphatic carbocycles. The molecule has 3 atom stereocenters. The summed E-state index contributed by atoms with van der Waals surface area (Å²) in [5, 5.41) is 2.77. The monoisotopic (exact) mass is 365 g/mol. The lowest BCUT2D eigenvalue weighted by Crippen LogP contribution is -2.47. The number of Topliss-reactive ketones (excluding diaryl/α,β-unsaturated/α-hetero) is 1. The van der Waals surface area contributed by atoms with Gasteiger partial charge in [-0.3, -0.25) is 9.59 Å². The van der Waals surface area contributed by atoms with Crippen molar-refractivity contribution < 1.29 is 18.7 Å². The molecule has 1 aliphatic heterocycles. The van der Waals surface area contributed by atoms with Gasteiger partial charge in [-0.15, -0.1) is 11.8 Å². The van der Waals surface area contributed by atoms with E-state index in [1.54, 1.807) is 18.0 Å². The summed E-state index contributed by atoms with van der Waals surface area (Å²) in [4.78, 5) is 24.8. The largest absolute Gasteiger partial charge is 0.468 e. The Morgan fingerprint density at radius 2 is 2.16 bits per heavy atom. The predicted molar refractivity (Wildman–Crippen MR) is 97.3 cm³/mol. The molecule has 1 aromatic rings. The summed E-state index contributed by atoms with van der Waals surface area (Å²) >= 11 is 1.61. The van der Waals surface area contributed by atoms with Gasteiger partial charge in [0.15, 0.2) is 5.78 Å². The molecule has 3 rings (SSSR count). The van der Waals surface area contributed by atoms with Crippen LogP contribution in [-0.4, -0.2) is 35.7 Å². The van der Waals surface area contributed by atoms with Crippen LogP contribution in [0.2, 0.25) is 0 Å². The quantitative estimate of drug-likeness (QED) is 0.803. The first-order valence-electron chi connectivity index (χ1n) is 9.22. The number of furan rings is 1. The van der Waals surface area contributed by atoms with Gasteiger partial charge in [-0.2, -0.15) is 0 Å². The molecule has 1 aromatic heterocycles. The first kappa shape index (κ1) is 18.5. The van der Waals surface area contributed by atoms with Crippen LogP contribution in [0.1, 0.15) is 51.2 Å². The Bertz CT molecular complexity index is 568. The zero-order valence-corrected chi connectivity index (χ0v) is 15.6. The number of carbonyl (C=O) groups excluding carboxylic acids is 2. The van der Waals surface area contributed by atoms with Crippen LogP contribution < -0.4 is 5.32 Å². The average molecular weight is 365 g/mol. The van der Waals surface area contributed by atoms with Crippen LogP contribution in [0.4, 0.5) is 0 Å². The zero-order chi connectivity index (χ0) is 17.6. The molecule has 6 heteroatoms. The summed E-state index contributed by atoms with van der Waals surface area (Å²) in [6.45, 7) is 1.93. The minimum atomic E-state index is -0.509. The second-order valence-electron chi connectivity index (χ2n) is 7.09. The second kappa shape index (κ2) is 8.90. The molecule has 2 heterocycles. The van der Waals surface area contributed by atoms with Gasteiger partial charge in [-0.25, -0.2) is 0 Å². The summed E-state index contributed by atoms with van der Waals surface area (Å²) in [6, 6.07) is 3.28. The third kappa shape index (κ3) is 5.11. The fraction of sp³-hybridized carbons (Fsp3) is 0.684. The number of ether oxygens (including phenoxy) is 1. The Hall–Kier alpha value is -1.27. The van der Waals surface area contributed by atoms with E-state index in [0.717, 1.165) is 12.2 Å². The summed E-state index contributed by atoms with van der Waals surface area (Å²) in [7, 11) is 0. The van der Waals surface area contributed by atoms with Crippen LogP contribution in [0.5, 0.6) is 0 Å². The number of ketones is 1. The fourth-order valence-corrected chi connectivity index (χ4v) is 4.82. The highest BCUT2D eigenvalue weighted by atomic mass is 32.2. The highest BCUT2D eigenvalue weighted by molar-refractivity contribution is 7.99. The lowest BCUT2D eigenvalue weighted by atomic mass is 9.86. The Morgan fingerprint density at radius 1 is 1.36 bits per heavy atom. The van der Waals surface area contributed by atoms with Gasteiger partial charge in [0.05, 0.1) is 23.4 Å². The van der Waals surface area contributed by atoms with E-state index in [9.17, 15) is 9.59 Å². The molecular formula is C19H27NO4S. The Kier molecular flexibility index (Phi) is 6.59. The molecule has 1 saturated carbocycles. The van der Waals surface area contributed by atoms with E-state index in [1.165, 1.54) is 32.1 Å². The molecule has 1 N–H and O–H groups in total. The normalized spacial score (nSPS) is 25.9. The van der Waals surface area contributed by atoms with Gasteiger partial charge >= 0.3 is 0 Å². The van der Waals surface area contributed by atoms with E-state index in [1.807, 2.05) is 19.1 Å². The summed E-state index contributed by atoms with van der Waals surface area (Å²) in [6.07, 6.45) is 8.50. The highest BCUT2D eigenvalue weighted by Gasteiger charge is 2.36. The van der Waals surface area contributed by atoms with Crippen molar-refractivity contribution >= 4 is 23.5 Å². The van der Waals surface area contributed by atoms with E-state index in [2.05, 4.69) is 5.32 Å². The molecule has 0 radical (unpaired) electrons. The third-order valence-electron chi connectivity index (χ3n) is 5.17. The average Bonchev–Trinajstić information content (AvgIpc) is 3.24. The van der Waals surface area contributed by atoms with Gasteiger partial charge in [0.2, 0.25) is 5.91 Å². The Balaban J connectivity index is 1.61. The van der Waals surface area contributed by atoms with E-state index >= 15 is 0 Å². The summed E-state index contributed by atoms with van der Waals surface area (Å²) < 4.78 is 10.7. The minimum absolute atomic E-state index is 0.0340. The SMILES string of the molecule is C[C@@H]1OCC(=O)[C@H]1NC(=O)[C@H](CC1CCCCC1)SCc1ccco1. The first-order valence-corrected chi connectivity index (χ1v) is 10.3. The summed E-state index contributed by atoms with van der Waals surface area (Å²) in [5.41, 5.74) is 0. The first-order chi connectivity index (χ1) is 12.1. The number of carbonyl (C=O) groups is 2.